The van der Waals surface area contributed by atoms with E-state index in [9.17, 15) is 4.79 Å². The lowest BCUT2D eigenvalue weighted by Crippen LogP contribution is -2.13. The van der Waals surface area contributed by atoms with Crippen LogP contribution in [0.25, 0.3) is 9.81 Å². The topological polar surface area (TPSA) is 62.5 Å². The van der Waals surface area contributed by atoms with Crippen molar-refractivity contribution in [3.63, 3.8) is 0 Å². The second kappa shape index (κ2) is 5.44. The fraction of sp³-hybridized carbons (Fsp3) is 0.125. The molecule has 2 heterocycles. The van der Waals surface area contributed by atoms with Gasteiger partial charge in [-0.25, -0.2) is 9.78 Å². The van der Waals surface area contributed by atoms with Gasteiger partial charge in [0.25, 0.3) is 10.8 Å². The SMILES string of the molecule is [C-]#[N+]c1c(C)sc2nc(Cc3cccc(C#N)c3)cc(=O)n12. The Kier molecular flexibility index (Phi) is 3.46. The minimum absolute atomic E-state index is 0.244. The van der Waals surface area contributed by atoms with Crippen LogP contribution in [-0.4, -0.2) is 9.38 Å². The highest BCUT2D eigenvalue weighted by molar-refractivity contribution is 7.17. The Morgan fingerprint density at radius 3 is 3.00 bits per heavy atom. The third-order valence-electron chi connectivity index (χ3n) is 3.26. The Morgan fingerprint density at radius 1 is 1.45 bits per heavy atom. The second-order valence-electron chi connectivity index (χ2n) is 4.79. The number of rotatable bonds is 2. The highest BCUT2D eigenvalue weighted by Crippen LogP contribution is 2.26. The first kappa shape index (κ1) is 14.0. The van der Waals surface area contributed by atoms with Gasteiger partial charge in [-0.15, -0.1) is 0 Å². The summed E-state index contributed by atoms with van der Waals surface area (Å²) in [5, 5.41) is 8.93. The molecule has 0 aliphatic carbocycles. The molecule has 0 aliphatic heterocycles. The van der Waals surface area contributed by atoms with E-state index in [4.69, 9.17) is 11.8 Å². The lowest BCUT2D eigenvalue weighted by Gasteiger charge is -2.01. The molecule has 106 valence electrons. The number of fused-ring (bicyclic) bond motifs is 1. The lowest BCUT2D eigenvalue weighted by molar-refractivity contribution is 1.01. The van der Waals surface area contributed by atoms with Gasteiger partial charge in [-0.2, -0.15) is 9.66 Å². The molecule has 0 bridgehead atoms. The van der Waals surface area contributed by atoms with Crippen LogP contribution in [0.3, 0.4) is 0 Å². The Balaban J connectivity index is 2.08. The molecule has 0 aliphatic rings. The number of hydrogen-bond donors (Lipinski definition) is 0. The van der Waals surface area contributed by atoms with Crippen molar-refractivity contribution in [3.05, 3.63) is 73.8 Å². The largest absolute Gasteiger partial charge is 0.362 e. The maximum atomic E-state index is 12.2. The summed E-state index contributed by atoms with van der Waals surface area (Å²) in [6.45, 7) is 8.98. The van der Waals surface area contributed by atoms with E-state index in [1.165, 1.54) is 21.8 Å². The molecular formula is C16H10N4OS. The molecular weight excluding hydrogens is 296 g/mol. The molecule has 5 nitrogen and oxygen atoms in total. The third kappa shape index (κ3) is 2.37. The van der Waals surface area contributed by atoms with Crippen LogP contribution in [0.2, 0.25) is 0 Å². The van der Waals surface area contributed by atoms with Crippen LogP contribution in [0.1, 0.15) is 21.7 Å². The van der Waals surface area contributed by atoms with E-state index in [0.717, 1.165) is 10.4 Å². The number of nitriles is 1. The first-order valence-corrected chi connectivity index (χ1v) is 7.32. The van der Waals surface area contributed by atoms with Gasteiger partial charge in [0.2, 0.25) is 0 Å². The molecule has 6 heteroatoms. The number of benzene rings is 1. The van der Waals surface area contributed by atoms with Gasteiger partial charge in [0, 0.05) is 17.4 Å². The van der Waals surface area contributed by atoms with Crippen LogP contribution in [0.4, 0.5) is 5.82 Å². The van der Waals surface area contributed by atoms with Crippen LogP contribution < -0.4 is 5.56 Å². The maximum Gasteiger partial charge on any atom is 0.327 e. The predicted octanol–water partition coefficient (Wildman–Crippen LogP) is 3.08. The van der Waals surface area contributed by atoms with Crippen molar-refractivity contribution in [1.82, 2.24) is 9.38 Å². The summed E-state index contributed by atoms with van der Waals surface area (Å²) >= 11 is 1.34. The van der Waals surface area contributed by atoms with Crippen LogP contribution in [0, 0.1) is 24.8 Å². The van der Waals surface area contributed by atoms with Crippen molar-refractivity contribution in [1.29, 1.82) is 5.26 Å². The minimum Gasteiger partial charge on any atom is -0.362 e. The number of aromatic nitrogens is 2. The molecule has 0 fully saturated rings. The van der Waals surface area contributed by atoms with Crippen LogP contribution >= 0.6 is 11.3 Å². The van der Waals surface area contributed by atoms with E-state index in [1.54, 1.807) is 12.1 Å². The summed E-state index contributed by atoms with van der Waals surface area (Å²) in [6, 6.07) is 10.8. The molecule has 0 N–H and O–H groups in total. The summed E-state index contributed by atoms with van der Waals surface area (Å²) < 4.78 is 1.35. The average Bonchev–Trinajstić information content (AvgIpc) is 2.83. The summed E-state index contributed by atoms with van der Waals surface area (Å²) in [6.07, 6.45) is 0.478. The zero-order chi connectivity index (χ0) is 15.7. The number of hydrogen-bond acceptors (Lipinski definition) is 4. The Hall–Kier alpha value is -2.96. The molecule has 1 aromatic carbocycles. The van der Waals surface area contributed by atoms with Crippen LogP contribution in [0.15, 0.2) is 35.1 Å². The summed E-state index contributed by atoms with van der Waals surface area (Å²) in [7, 11) is 0. The number of nitrogens with zero attached hydrogens (tertiary/aromatic N) is 4. The van der Waals surface area contributed by atoms with Gasteiger partial charge in [0.05, 0.1) is 17.3 Å². The summed E-state index contributed by atoms with van der Waals surface area (Å²) in [5.41, 5.74) is 1.90. The number of thiazole rings is 1. The van der Waals surface area contributed by atoms with Gasteiger partial charge in [-0.05, 0) is 24.6 Å². The predicted molar refractivity (Wildman–Crippen MR) is 84.3 cm³/mol. The van der Waals surface area contributed by atoms with Crippen LogP contribution in [0.5, 0.6) is 0 Å². The standard InChI is InChI=1S/C16H10N4OS/c1-10-15(18-2)20-14(21)8-13(19-16(20)22-10)7-11-4-3-5-12(6-11)9-17/h3-6,8H,7H2,1H3. The monoisotopic (exact) mass is 306 g/mol. The van der Waals surface area contributed by atoms with Crippen molar-refractivity contribution >= 4 is 22.1 Å². The van der Waals surface area contributed by atoms with Gasteiger partial charge in [0.1, 0.15) is 0 Å². The van der Waals surface area contributed by atoms with Crippen molar-refractivity contribution in [3.8, 4) is 6.07 Å². The van der Waals surface area contributed by atoms with Gasteiger partial charge >= 0.3 is 5.56 Å². The van der Waals surface area contributed by atoms with Gasteiger partial charge in [-0.1, -0.05) is 30.0 Å². The minimum atomic E-state index is -0.244. The Bertz CT molecular complexity index is 1020. The molecule has 0 saturated carbocycles. The highest BCUT2D eigenvalue weighted by Gasteiger charge is 2.15. The molecule has 0 spiro atoms. The van der Waals surface area contributed by atoms with Gasteiger partial charge < -0.3 is 4.85 Å². The van der Waals surface area contributed by atoms with Crippen molar-refractivity contribution in [2.75, 3.05) is 0 Å². The van der Waals surface area contributed by atoms with E-state index in [0.29, 0.717) is 28.5 Å². The van der Waals surface area contributed by atoms with Crippen molar-refractivity contribution < 1.29 is 0 Å². The molecule has 0 saturated heterocycles. The van der Waals surface area contributed by atoms with Crippen molar-refractivity contribution in [2.24, 2.45) is 0 Å². The molecule has 3 rings (SSSR count). The number of aryl methyl sites for hydroxylation is 1. The van der Waals surface area contributed by atoms with Gasteiger partial charge in [0.15, 0.2) is 0 Å². The molecule has 0 amide bonds. The van der Waals surface area contributed by atoms with Gasteiger partial charge in [-0.3, -0.25) is 0 Å². The average molecular weight is 306 g/mol. The molecule has 0 atom stereocenters. The fourth-order valence-corrected chi connectivity index (χ4v) is 3.22. The maximum absolute atomic E-state index is 12.2. The normalized spacial score (nSPS) is 10.3. The first-order chi connectivity index (χ1) is 10.6. The smallest absolute Gasteiger partial charge is 0.327 e. The summed E-state index contributed by atoms with van der Waals surface area (Å²) in [4.78, 5) is 21.4. The van der Waals surface area contributed by atoms with E-state index in [-0.39, 0.29) is 5.56 Å². The lowest BCUT2D eigenvalue weighted by atomic mass is 10.1. The van der Waals surface area contributed by atoms with Crippen LogP contribution in [-0.2, 0) is 6.42 Å². The molecule has 3 aromatic rings. The molecule has 0 unspecified atom stereocenters. The Morgan fingerprint density at radius 2 is 2.27 bits per heavy atom. The molecule has 22 heavy (non-hydrogen) atoms. The van der Waals surface area contributed by atoms with E-state index in [1.807, 2.05) is 19.1 Å². The molecule has 0 radical (unpaired) electrons. The summed E-state index contributed by atoms with van der Waals surface area (Å²) in [5.74, 6) is 0.329. The Labute approximate surface area is 130 Å². The van der Waals surface area contributed by atoms with Crippen molar-refractivity contribution in [2.45, 2.75) is 13.3 Å². The molecule has 2 aromatic heterocycles. The van der Waals surface area contributed by atoms with E-state index < -0.39 is 0 Å². The second-order valence-corrected chi connectivity index (χ2v) is 5.97. The fourth-order valence-electron chi connectivity index (χ4n) is 2.29. The quantitative estimate of drug-likeness (QED) is 0.684. The highest BCUT2D eigenvalue weighted by atomic mass is 32.1. The zero-order valence-electron chi connectivity index (χ0n) is 11.7. The third-order valence-corrected chi connectivity index (χ3v) is 4.20. The van der Waals surface area contributed by atoms with E-state index in [2.05, 4.69) is 15.9 Å². The van der Waals surface area contributed by atoms with E-state index >= 15 is 0 Å². The first-order valence-electron chi connectivity index (χ1n) is 6.51. The zero-order valence-corrected chi connectivity index (χ0v) is 12.5.